The molecular formula is C21H26ClN3O3. The number of amides is 1. The number of ether oxygens (including phenoxy) is 2. The molecule has 7 heteroatoms. The van der Waals surface area contributed by atoms with Crippen LogP contribution in [0, 0.1) is 0 Å². The number of nitrogens with one attached hydrogen (secondary N) is 1. The van der Waals surface area contributed by atoms with Crippen LogP contribution in [0.5, 0.6) is 11.5 Å². The van der Waals surface area contributed by atoms with E-state index in [4.69, 9.17) is 21.1 Å². The first-order valence-corrected chi connectivity index (χ1v) is 10.0. The minimum Gasteiger partial charge on any atom is -0.491 e. The Morgan fingerprint density at radius 1 is 1.36 bits per heavy atom. The third-order valence-corrected chi connectivity index (χ3v) is 5.09. The van der Waals surface area contributed by atoms with Crippen LogP contribution in [-0.2, 0) is 4.79 Å². The van der Waals surface area contributed by atoms with Crippen molar-refractivity contribution in [1.82, 2.24) is 9.78 Å². The van der Waals surface area contributed by atoms with E-state index in [0.717, 1.165) is 24.2 Å². The molecule has 28 heavy (non-hydrogen) atoms. The summed E-state index contributed by atoms with van der Waals surface area (Å²) in [4.78, 5) is 12.4. The van der Waals surface area contributed by atoms with Crippen molar-refractivity contribution in [3.05, 3.63) is 41.1 Å². The first-order chi connectivity index (χ1) is 13.6. The number of hydrogen-bond acceptors (Lipinski definition) is 4. The van der Waals surface area contributed by atoms with Crippen molar-refractivity contribution >= 4 is 29.4 Å². The zero-order chi connectivity index (χ0) is 19.9. The molecule has 150 valence electrons. The van der Waals surface area contributed by atoms with Gasteiger partial charge in [0.2, 0.25) is 5.91 Å². The van der Waals surface area contributed by atoms with Crippen molar-refractivity contribution in [3.8, 4) is 11.5 Å². The van der Waals surface area contributed by atoms with Crippen LogP contribution in [0.25, 0.3) is 6.08 Å². The van der Waals surface area contributed by atoms with Crippen molar-refractivity contribution < 1.29 is 14.3 Å². The normalized spacial score (nSPS) is 15.0. The smallest absolute Gasteiger partial charge is 0.249 e. The summed E-state index contributed by atoms with van der Waals surface area (Å²) in [5.74, 6) is 1.54. The zero-order valence-electron chi connectivity index (χ0n) is 16.3. The van der Waals surface area contributed by atoms with Crippen LogP contribution < -0.4 is 14.8 Å². The van der Waals surface area contributed by atoms with Gasteiger partial charge in [-0.2, -0.15) is 5.10 Å². The van der Waals surface area contributed by atoms with E-state index in [0.29, 0.717) is 29.2 Å². The topological polar surface area (TPSA) is 65.4 Å². The Hall–Kier alpha value is -2.47. The summed E-state index contributed by atoms with van der Waals surface area (Å²) in [5.41, 5.74) is 0.755. The molecule has 1 amide bonds. The molecule has 6 nitrogen and oxygen atoms in total. The number of carbonyl (C=O) groups is 1. The van der Waals surface area contributed by atoms with Crippen LogP contribution in [0.1, 0.15) is 50.6 Å². The molecule has 1 N–H and O–H groups in total. The van der Waals surface area contributed by atoms with E-state index in [9.17, 15) is 4.79 Å². The lowest BCUT2D eigenvalue weighted by molar-refractivity contribution is -0.111. The molecule has 0 radical (unpaired) electrons. The molecular weight excluding hydrogens is 378 g/mol. The van der Waals surface area contributed by atoms with Crippen molar-refractivity contribution in [2.75, 3.05) is 19.0 Å². The SMILES string of the molecule is CCOc1cc(/C=C/C(=O)Nc2ccnn2C2CCCCC2)cc(Cl)c1OC. The van der Waals surface area contributed by atoms with Crippen LogP contribution >= 0.6 is 11.6 Å². The molecule has 0 saturated heterocycles. The molecule has 1 fully saturated rings. The highest BCUT2D eigenvalue weighted by molar-refractivity contribution is 6.32. The number of carbonyl (C=O) groups excluding carboxylic acids is 1. The van der Waals surface area contributed by atoms with Gasteiger partial charge in [0.05, 0.1) is 31.0 Å². The van der Waals surface area contributed by atoms with Crippen LogP contribution in [0.2, 0.25) is 5.02 Å². The molecule has 1 saturated carbocycles. The van der Waals surface area contributed by atoms with Gasteiger partial charge in [-0.05, 0) is 43.5 Å². The van der Waals surface area contributed by atoms with Gasteiger partial charge >= 0.3 is 0 Å². The van der Waals surface area contributed by atoms with E-state index >= 15 is 0 Å². The van der Waals surface area contributed by atoms with E-state index in [1.54, 1.807) is 31.5 Å². The van der Waals surface area contributed by atoms with E-state index in [2.05, 4.69) is 10.4 Å². The van der Waals surface area contributed by atoms with Gasteiger partial charge < -0.3 is 14.8 Å². The third-order valence-electron chi connectivity index (χ3n) is 4.81. The summed E-state index contributed by atoms with van der Waals surface area (Å²) in [5, 5.41) is 7.76. The Balaban J connectivity index is 1.70. The van der Waals surface area contributed by atoms with Crippen molar-refractivity contribution in [1.29, 1.82) is 0 Å². The number of methoxy groups -OCH3 is 1. The molecule has 1 heterocycles. The molecule has 1 aromatic heterocycles. The van der Waals surface area contributed by atoms with E-state index in [1.807, 2.05) is 17.7 Å². The van der Waals surface area contributed by atoms with E-state index < -0.39 is 0 Å². The molecule has 0 atom stereocenters. The van der Waals surface area contributed by atoms with Gasteiger partial charge in [-0.25, -0.2) is 4.68 Å². The summed E-state index contributed by atoms with van der Waals surface area (Å²) in [6.07, 6.45) is 10.8. The van der Waals surface area contributed by atoms with Crippen molar-refractivity contribution in [2.24, 2.45) is 0 Å². The van der Waals surface area contributed by atoms with Gasteiger partial charge in [0.15, 0.2) is 11.5 Å². The fourth-order valence-corrected chi connectivity index (χ4v) is 3.81. The average Bonchev–Trinajstić information content (AvgIpc) is 3.15. The fourth-order valence-electron chi connectivity index (χ4n) is 3.51. The van der Waals surface area contributed by atoms with Crippen LogP contribution in [0.4, 0.5) is 5.82 Å². The zero-order valence-corrected chi connectivity index (χ0v) is 17.0. The molecule has 0 bridgehead atoms. The number of benzene rings is 1. The van der Waals surface area contributed by atoms with Crippen molar-refractivity contribution in [3.63, 3.8) is 0 Å². The maximum absolute atomic E-state index is 12.4. The lowest BCUT2D eigenvalue weighted by Crippen LogP contribution is -2.19. The maximum Gasteiger partial charge on any atom is 0.249 e. The number of nitrogens with zero attached hydrogens (tertiary/aromatic N) is 2. The second-order valence-corrected chi connectivity index (χ2v) is 7.15. The second-order valence-electron chi connectivity index (χ2n) is 6.74. The molecule has 1 aliphatic rings. The monoisotopic (exact) mass is 403 g/mol. The van der Waals surface area contributed by atoms with E-state index in [-0.39, 0.29) is 5.91 Å². The predicted molar refractivity (Wildman–Crippen MR) is 111 cm³/mol. The molecule has 0 aliphatic heterocycles. The summed E-state index contributed by atoms with van der Waals surface area (Å²) in [7, 11) is 1.54. The fraction of sp³-hybridized carbons (Fsp3) is 0.429. The number of hydrogen-bond donors (Lipinski definition) is 1. The molecule has 0 unspecified atom stereocenters. The second kappa shape index (κ2) is 9.64. The molecule has 2 aromatic rings. The standard InChI is InChI=1S/C21H26ClN3O3/c1-3-28-18-14-15(13-17(22)21(18)27-2)9-10-20(26)24-19-11-12-23-25(19)16-7-5-4-6-8-16/h9-14,16H,3-8H2,1-2H3,(H,24,26)/b10-9+. The number of anilines is 1. The van der Waals surface area contributed by atoms with Gasteiger partial charge in [0.1, 0.15) is 5.82 Å². The highest BCUT2D eigenvalue weighted by atomic mass is 35.5. The van der Waals surface area contributed by atoms with Crippen molar-refractivity contribution in [2.45, 2.75) is 45.1 Å². The predicted octanol–water partition coefficient (Wildman–Crippen LogP) is 5.10. The minimum absolute atomic E-state index is 0.220. The van der Waals surface area contributed by atoms with Crippen LogP contribution in [0.3, 0.4) is 0 Å². The number of rotatable bonds is 7. The molecule has 1 aliphatic carbocycles. The molecule has 3 rings (SSSR count). The first-order valence-electron chi connectivity index (χ1n) is 9.65. The Kier molecular flexibility index (Phi) is 6.98. The van der Waals surface area contributed by atoms with Gasteiger partial charge in [0, 0.05) is 12.1 Å². The van der Waals surface area contributed by atoms with Gasteiger partial charge in [-0.1, -0.05) is 30.9 Å². The van der Waals surface area contributed by atoms with Gasteiger partial charge in [0.25, 0.3) is 0 Å². The Labute approximate surface area is 170 Å². The highest BCUT2D eigenvalue weighted by Crippen LogP contribution is 2.36. The summed E-state index contributed by atoms with van der Waals surface area (Å²) in [6, 6.07) is 5.72. The number of halogens is 1. The molecule has 1 aromatic carbocycles. The first kappa shape index (κ1) is 20.3. The third kappa shape index (κ3) is 4.87. The Bertz CT molecular complexity index is 841. The lowest BCUT2D eigenvalue weighted by Gasteiger charge is -2.23. The minimum atomic E-state index is -0.220. The summed E-state index contributed by atoms with van der Waals surface area (Å²) >= 11 is 6.26. The Morgan fingerprint density at radius 2 is 2.14 bits per heavy atom. The number of aromatic nitrogens is 2. The average molecular weight is 404 g/mol. The summed E-state index contributed by atoms with van der Waals surface area (Å²) < 4.78 is 12.8. The quantitative estimate of drug-likeness (QED) is 0.653. The van der Waals surface area contributed by atoms with Gasteiger partial charge in [-0.3, -0.25) is 4.79 Å². The summed E-state index contributed by atoms with van der Waals surface area (Å²) in [6.45, 7) is 2.38. The lowest BCUT2D eigenvalue weighted by atomic mass is 9.96. The largest absolute Gasteiger partial charge is 0.491 e. The molecule has 0 spiro atoms. The maximum atomic E-state index is 12.4. The van der Waals surface area contributed by atoms with Crippen LogP contribution in [0.15, 0.2) is 30.5 Å². The van der Waals surface area contributed by atoms with E-state index in [1.165, 1.54) is 25.3 Å². The highest BCUT2D eigenvalue weighted by Gasteiger charge is 2.18. The van der Waals surface area contributed by atoms with Crippen LogP contribution in [-0.4, -0.2) is 29.4 Å². The van der Waals surface area contributed by atoms with Gasteiger partial charge in [-0.15, -0.1) is 0 Å². The Morgan fingerprint density at radius 3 is 2.86 bits per heavy atom.